The lowest BCUT2D eigenvalue weighted by Crippen LogP contribution is -2.37. The van der Waals surface area contributed by atoms with Crippen molar-refractivity contribution in [2.75, 3.05) is 6.54 Å². The standard InChI is InChI=1S/C11H23NO/c1-11(2,3)13-10(8-12)9-6-4-5-7-9/h9-10H,4-8,12H2,1-3H3. The summed E-state index contributed by atoms with van der Waals surface area (Å²) in [6.07, 6.45) is 5.60. The fourth-order valence-electron chi connectivity index (χ4n) is 2.12. The molecule has 1 fully saturated rings. The van der Waals surface area contributed by atoms with Crippen LogP contribution < -0.4 is 5.73 Å². The van der Waals surface area contributed by atoms with Crippen molar-refractivity contribution in [2.45, 2.75) is 58.2 Å². The normalized spacial score (nSPS) is 22.2. The lowest BCUT2D eigenvalue weighted by Gasteiger charge is -2.30. The summed E-state index contributed by atoms with van der Waals surface area (Å²) in [6, 6.07) is 0. The van der Waals surface area contributed by atoms with E-state index in [0.29, 0.717) is 12.5 Å². The van der Waals surface area contributed by atoms with E-state index >= 15 is 0 Å². The van der Waals surface area contributed by atoms with E-state index in [9.17, 15) is 0 Å². The van der Waals surface area contributed by atoms with Crippen LogP contribution >= 0.6 is 0 Å². The molecule has 0 aromatic rings. The third-order valence-corrected chi connectivity index (χ3v) is 2.66. The molecule has 2 heteroatoms. The Hall–Kier alpha value is -0.0800. The predicted molar refractivity (Wildman–Crippen MR) is 55.6 cm³/mol. The molecule has 1 saturated carbocycles. The van der Waals surface area contributed by atoms with Gasteiger partial charge >= 0.3 is 0 Å². The van der Waals surface area contributed by atoms with Crippen molar-refractivity contribution < 1.29 is 4.74 Å². The lowest BCUT2D eigenvalue weighted by molar-refractivity contribution is -0.0790. The molecule has 2 N–H and O–H groups in total. The minimum Gasteiger partial charge on any atom is -0.371 e. The van der Waals surface area contributed by atoms with Crippen molar-refractivity contribution in [3.8, 4) is 0 Å². The molecule has 78 valence electrons. The number of nitrogens with two attached hydrogens (primary N) is 1. The van der Waals surface area contributed by atoms with Crippen LogP contribution in [0.25, 0.3) is 0 Å². The maximum atomic E-state index is 5.95. The van der Waals surface area contributed by atoms with Crippen LogP contribution in [0.5, 0.6) is 0 Å². The molecule has 1 aliphatic carbocycles. The minimum atomic E-state index is -0.0490. The van der Waals surface area contributed by atoms with Gasteiger partial charge in [-0.05, 0) is 39.5 Å². The van der Waals surface area contributed by atoms with Crippen molar-refractivity contribution >= 4 is 0 Å². The van der Waals surface area contributed by atoms with Gasteiger partial charge in [0.15, 0.2) is 0 Å². The highest BCUT2D eigenvalue weighted by molar-refractivity contribution is 4.78. The highest BCUT2D eigenvalue weighted by atomic mass is 16.5. The molecule has 0 aromatic carbocycles. The second kappa shape index (κ2) is 4.43. The molecule has 0 heterocycles. The predicted octanol–water partition coefficient (Wildman–Crippen LogP) is 2.32. The monoisotopic (exact) mass is 185 g/mol. The summed E-state index contributed by atoms with van der Waals surface area (Å²) in [6.45, 7) is 6.97. The van der Waals surface area contributed by atoms with Crippen molar-refractivity contribution in [3.05, 3.63) is 0 Å². The Labute approximate surface area is 81.8 Å². The first-order chi connectivity index (χ1) is 6.03. The van der Waals surface area contributed by atoms with Crippen molar-refractivity contribution in [3.63, 3.8) is 0 Å². The minimum absolute atomic E-state index is 0.0490. The number of hydrogen-bond acceptors (Lipinski definition) is 2. The van der Waals surface area contributed by atoms with Gasteiger partial charge in [0, 0.05) is 6.54 Å². The summed E-state index contributed by atoms with van der Waals surface area (Å²) in [5.74, 6) is 0.712. The highest BCUT2D eigenvalue weighted by Crippen LogP contribution is 2.30. The summed E-state index contributed by atoms with van der Waals surface area (Å²) < 4.78 is 5.95. The third kappa shape index (κ3) is 3.65. The smallest absolute Gasteiger partial charge is 0.0732 e. The van der Waals surface area contributed by atoms with E-state index in [1.165, 1.54) is 25.7 Å². The van der Waals surface area contributed by atoms with E-state index in [1.54, 1.807) is 0 Å². The number of hydrogen-bond donors (Lipinski definition) is 1. The molecule has 0 spiro atoms. The van der Waals surface area contributed by atoms with Crippen LogP contribution in [0, 0.1) is 5.92 Å². The van der Waals surface area contributed by atoms with Crippen molar-refractivity contribution in [1.82, 2.24) is 0 Å². The van der Waals surface area contributed by atoms with E-state index < -0.39 is 0 Å². The van der Waals surface area contributed by atoms with E-state index in [0.717, 1.165) is 0 Å². The first-order valence-corrected chi connectivity index (χ1v) is 5.41. The Morgan fingerprint density at radius 3 is 2.23 bits per heavy atom. The molecule has 0 saturated heterocycles. The van der Waals surface area contributed by atoms with Crippen LogP contribution in [0.4, 0.5) is 0 Å². The van der Waals surface area contributed by atoms with Gasteiger partial charge in [0.1, 0.15) is 0 Å². The lowest BCUT2D eigenvalue weighted by atomic mass is 10.00. The van der Waals surface area contributed by atoms with Gasteiger partial charge in [0.05, 0.1) is 11.7 Å². The molecular formula is C11H23NO. The van der Waals surface area contributed by atoms with Crippen molar-refractivity contribution in [2.24, 2.45) is 11.7 Å². The Kier molecular flexibility index (Phi) is 3.74. The maximum absolute atomic E-state index is 5.95. The SMILES string of the molecule is CC(C)(C)OC(CN)C1CCCC1. The van der Waals surface area contributed by atoms with Crippen LogP contribution in [0.1, 0.15) is 46.5 Å². The van der Waals surface area contributed by atoms with Gasteiger partial charge in [-0.15, -0.1) is 0 Å². The van der Waals surface area contributed by atoms with Gasteiger partial charge in [-0.25, -0.2) is 0 Å². The average molecular weight is 185 g/mol. The molecule has 0 aromatic heterocycles. The second-order valence-electron chi connectivity index (χ2n) is 5.05. The highest BCUT2D eigenvalue weighted by Gasteiger charge is 2.27. The average Bonchev–Trinajstić information content (AvgIpc) is 2.50. The number of ether oxygens (including phenoxy) is 1. The molecule has 2 nitrogen and oxygen atoms in total. The molecule has 13 heavy (non-hydrogen) atoms. The first-order valence-electron chi connectivity index (χ1n) is 5.41. The molecule has 1 rings (SSSR count). The molecule has 0 bridgehead atoms. The van der Waals surface area contributed by atoms with Crippen LogP contribution in [0.15, 0.2) is 0 Å². The summed E-state index contributed by atoms with van der Waals surface area (Å²) in [7, 11) is 0. The zero-order valence-electron chi connectivity index (χ0n) is 9.18. The fraction of sp³-hybridized carbons (Fsp3) is 1.00. The zero-order chi connectivity index (χ0) is 9.90. The van der Waals surface area contributed by atoms with Gasteiger partial charge in [0.25, 0.3) is 0 Å². The Balaban J connectivity index is 2.42. The third-order valence-electron chi connectivity index (χ3n) is 2.66. The van der Waals surface area contributed by atoms with Gasteiger partial charge in [-0.2, -0.15) is 0 Å². The van der Waals surface area contributed by atoms with Crippen LogP contribution in [0.3, 0.4) is 0 Å². The van der Waals surface area contributed by atoms with E-state index in [4.69, 9.17) is 10.5 Å². The largest absolute Gasteiger partial charge is 0.371 e. The summed E-state index contributed by atoms with van der Waals surface area (Å²) in [4.78, 5) is 0. The second-order valence-corrected chi connectivity index (χ2v) is 5.05. The van der Waals surface area contributed by atoms with Crippen LogP contribution in [0.2, 0.25) is 0 Å². The Morgan fingerprint density at radius 2 is 1.85 bits per heavy atom. The Morgan fingerprint density at radius 1 is 1.31 bits per heavy atom. The number of rotatable bonds is 3. The first kappa shape index (κ1) is 11.0. The van der Waals surface area contributed by atoms with Gasteiger partial charge in [-0.3, -0.25) is 0 Å². The molecule has 1 unspecified atom stereocenters. The van der Waals surface area contributed by atoms with Gasteiger partial charge in [-0.1, -0.05) is 12.8 Å². The molecule has 0 amide bonds. The maximum Gasteiger partial charge on any atom is 0.0732 e. The molecule has 0 aliphatic heterocycles. The van der Waals surface area contributed by atoms with E-state index in [2.05, 4.69) is 20.8 Å². The fourth-order valence-corrected chi connectivity index (χ4v) is 2.12. The summed E-state index contributed by atoms with van der Waals surface area (Å²) in [5, 5.41) is 0. The van der Waals surface area contributed by atoms with E-state index in [1.807, 2.05) is 0 Å². The molecular weight excluding hydrogens is 162 g/mol. The molecule has 0 radical (unpaired) electrons. The van der Waals surface area contributed by atoms with E-state index in [-0.39, 0.29) is 11.7 Å². The zero-order valence-corrected chi connectivity index (χ0v) is 9.18. The summed E-state index contributed by atoms with van der Waals surface area (Å²) >= 11 is 0. The Bertz CT molecular complexity index is 145. The molecule has 1 aliphatic rings. The summed E-state index contributed by atoms with van der Waals surface area (Å²) in [5.41, 5.74) is 5.69. The van der Waals surface area contributed by atoms with Gasteiger partial charge in [0.2, 0.25) is 0 Å². The van der Waals surface area contributed by atoms with Crippen LogP contribution in [-0.4, -0.2) is 18.2 Å². The molecule has 1 atom stereocenters. The van der Waals surface area contributed by atoms with Crippen molar-refractivity contribution in [1.29, 1.82) is 0 Å². The van der Waals surface area contributed by atoms with Gasteiger partial charge < -0.3 is 10.5 Å². The van der Waals surface area contributed by atoms with Crippen LogP contribution in [-0.2, 0) is 4.74 Å². The quantitative estimate of drug-likeness (QED) is 0.732. The topological polar surface area (TPSA) is 35.2 Å².